The van der Waals surface area contributed by atoms with Crippen LogP contribution in [0.4, 0.5) is 27.6 Å². The summed E-state index contributed by atoms with van der Waals surface area (Å²) >= 11 is 6.65. The van der Waals surface area contributed by atoms with Gasteiger partial charge >= 0.3 is 6.18 Å². The van der Waals surface area contributed by atoms with Crippen molar-refractivity contribution in [3.8, 4) is 5.69 Å². The van der Waals surface area contributed by atoms with E-state index in [4.69, 9.17) is 11.6 Å². The number of hydrogen-bond donors (Lipinski definition) is 1. The van der Waals surface area contributed by atoms with Crippen molar-refractivity contribution < 1.29 is 26.7 Å². The third kappa shape index (κ3) is 5.30. The average Bonchev–Trinajstić information content (AvgIpc) is 2.79. The van der Waals surface area contributed by atoms with Crippen LogP contribution in [0.25, 0.3) is 16.6 Å². The van der Waals surface area contributed by atoms with Gasteiger partial charge in [0.05, 0.1) is 38.6 Å². The van der Waals surface area contributed by atoms with E-state index in [1.54, 1.807) is 18.2 Å². The van der Waals surface area contributed by atoms with Crippen LogP contribution < -0.4 is 10.9 Å². The number of carbonyl (C=O) groups excluding carboxylic acids is 1. The lowest BCUT2D eigenvalue weighted by Crippen LogP contribution is -2.24. The molecular weight excluding hydrogens is 513 g/mol. The molecule has 1 amide bonds. The highest BCUT2D eigenvalue weighted by Gasteiger charge is 2.31. The number of thioether (sulfide) groups is 1. The molecule has 0 fully saturated rings. The van der Waals surface area contributed by atoms with Crippen molar-refractivity contribution >= 4 is 45.9 Å². The number of halogens is 6. The molecule has 1 N–H and O–H groups in total. The summed E-state index contributed by atoms with van der Waals surface area (Å²) in [5, 5.41) is 2.27. The Morgan fingerprint density at radius 2 is 1.80 bits per heavy atom. The Balaban J connectivity index is 1.67. The standard InChI is InChI=1S/C23H13ClF5N3O2S/c24-15-7-5-12(23(27,28)29)9-18(15)30-20(33)11-35-22-31-17-4-2-1-3-14(17)21(34)32(22)19-8-6-13(25)10-16(19)26/h1-10H,11H2,(H,30,33). The second-order valence-electron chi connectivity index (χ2n) is 7.18. The van der Waals surface area contributed by atoms with Crippen LogP contribution in [0, 0.1) is 11.6 Å². The first-order chi connectivity index (χ1) is 16.5. The third-order valence-electron chi connectivity index (χ3n) is 4.80. The minimum Gasteiger partial charge on any atom is -0.324 e. The number of nitrogens with zero attached hydrogens (tertiary/aromatic N) is 2. The van der Waals surface area contributed by atoms with Crippen LogP contribution in [-0.4, -0.2) is 21.2 Å². The smallest absolute Gasteiger partial charge is 0.324 e. The molecule has 0 saturated heterocycles. The van der Waals surface area contributed by atoms with Crippen LogP contribution >= 0.6 is 23.4 Å². The Morgan fingerprint density at radius 1 is 1.06 bits per heavy atom. The molecule has 0 aliphatic heterocycles. The zero-order chi connectivity index (χ0) is 25.3. The molecule has 3 aromatic carbocycles. The molecule has 4 rings (SSSR count). The number of para-hydroxylation sites is 1. The lowest BCUT2D eigenvalue weighted by atomic mass is 10.2. The van der Waals surface area contributed by atoms with Gasteiger partial charge in [-0.15, -0.1) is 0 Å². The maximum absolute atomic E-state index is 14.5. The van der Waals surface area contributed by atoms with Gasteiger partial charge in [-0.1, -0.05) is 35.5 Å². The molecule has 1 aromatic heterocycles. The maximum atomic E-state index is 14.5. The zero-order valence-corrected chi connectivity index (χ0v) is 18.9. The molecule has 0 radical (unpaired) electrons. The lowest BCUT2D eigenvalue weighted by Gasteiger charge is -2.14. The number of hydrogen-bond acceptors (Lipinski definition) is 4. The number of amides is 1. The fourth-order valence-corrected chi connectivity index (χ4v) is 4.17. The third-order valence-corrected chi connectivity index (χ3v) is 6.06. The average molecular weight is 526 g/mol. The fourth-order valence-electron chi connectivity index (χ4n) is 3.20. The number of carbonyl (C=O) groups is 1. The summed E-state index contributed by atoms with van der Waals surface area (Å²) in [7, 11) is 0. The molecule has 5 nitrogen and oxygen atoms in total. The Bertz CT molecular complexity index is 1510. The molecule has 0 unspecified atom stereocenters. The molecule has 4 aromatic rings. The molecule has 0 spiro atoms. The largest absolute Gasteiger partial charge is 0.416 e. The molecule has 0 bridgehead atoms. The summed E-state index contributed by atoms with van der Waals surface area (Å²) in [4.78, 5) is 29.9. The molecule has 0 aliphatic carbocycles. The van der Waals surface area contributed by atoms with Gasteiger partial charge in [-0.05, 0) is 42.5 Å². The van der Waals surface area contributed by atoms with Crippen LogP contribution in [0.3, 0.4) is 0 Å². The Morgan fingerprint density at radius 3 is 2.51 bits per heavy atom. The van der Waals surface area contributed by atoms with Gasteiger partial charge in [0, 0.05) is 6.07 Å². The quantitative estimate of drug-likeness (QED) is 0.195. The van der Waals surface area contributed by atoms with Crippen LogP contribution in [0.15, 0.2) is 70.6 Å². The molecular formula is C23H13ClF5N3O2S. The van der Waals surface area contributed by atoms with Crippen LogP contribution in [0.1, 0.15) is 5.56 Å². The van der Waals surface area contributed by atoms with Gasteiger partial charge in [-0.25, -0.2) is 13.8 Å². The molecule has 0 atom stereocenters. The van der Waals surface area contributed by atoms with Crippen molar-refractivity contribution in [2.75, 3.05) is 11.1 Å². The number of rotatable bonds is 5. The summed E-state index contributed by atoms with van der Waals surface area (Å²) in [6, 6.07) is 11.4. The normalized spacial score (nSPS) is 11.6. The van der Waals surface area contributed by atoms with Gasteiger partial charge in [0.2, 0.25) is 5.91 Å². The van der Waals surface area contributed by atoms with E-state index in [1.165, 1.54) is 6.07 Å². The predicted molar refractivity (Wildman–Crippen MR) is 123 cm³/mol. The van der Waals surface area contributed by atoms with Crippen molar-refractivity contribution in [2.24, 2.45) is 0 Å². The number of anilines is 1. The monoisotopic (exact) mass is 525 g/mol. The highest BCUT2D eigenvalue weighted by Crippen LogP contribution is 2.34. The van der Waals surface area contributed by atoms with Crippen molar-refractivity contribution in [3.63, 3.8) is 0 Å². The van der Waals surface area contributed by atoms with Gasteiger partial charge in [-0.3, -0.25) is 14.2 Å². The van der Waals surface area contributed by atoms with Crippen molar-refractivity contribution in [3.05, 3.63) is 93.2 Å². The minimum absolute atomic E-state index is 0.0792. The topological polar surface area (TPSA) is 64.0 Å². The van der Waals surface area contributed by atoms with E-state index in [0.29, 0.717) is 12.1 Å². The molecule has 35 heavy (non-hydrogen) atoms. The van der Waals surface area contributed by atoms with E-state index < -0.39 is 40.6 Å². The zero-order valence-electron chi connectivity index (χ0n) is 17.4. The second-order valence-corrected chi connectivity index (χ2v) is 8.53. The Kier molecular flexibility index (Phi) is 6.82. The summed E-state index contributed by atoms with van der Waals surface area (Å²) in [6.45, 7) is 0. The molecule has 0 saturated carbocycles. The second kappa shape index (κ2) is 9.67. The SMILES string of the molecule is O=C(CSc1nc2ccccc2c(=O)n1-c1ccc(F)cc1F)Nc1cc(C(F)(F)F)ccc1Cl. The number of fused-ring (bicyclic) bond motifs is 1. The van der Waals surface area contributed by atoms with E-state index in [-0.39, 0.29) is 32.5 Å². The van der Waals surface area contributed by atoms with Crippen molar-refractivity contribution in [1.82, 2.24) is 9.55 Å². The van der Waals surface area contributed by atoms with E-state index in [1.807, 2.05) is 0 Å². The summed E-state index contributed by atoms with van der Waals surface area (Å²) < 4.78 is 67.8. The first kappa shape index (κ1) is 24.7. The van der Waals surface area contributed by atoms with Crippen LogP contribution in [0.5, 0.6) is 0 Å². The van der Waals surface area contributed by atoms with Crippen LogP contribution in [-0.2, 0) is 11.0 Å². The van der Waals surface area contributed by atoms with Crippen LogP contribution in [0.2, 0.25) is 5.02 Å². The highest BCUT2D eigenvalue weighted by molar-refractivity contribution is 7.99. The van der Waals surface area contributed by atoms with Crippen molar-refractivity contribution in [1.29, 1.82) is 0 Å². The number of benzene rings is 3. The van der Waals surface area contributed by atoms with Gasteiger partial charge in [0.1, 0.15) is 11.6 Å². The minimum atomic E-state index is -4.64. The number of aromatic nitrogens is 2. The molecule has 1 heterocycles. The Hall–Kier alpha value is -3.44. The van der Waals surface area contributed by atoms with Crippen molar-refractivity contribution in [2.45, 2.75) is 11.3 Å². The lowest BCUT2D eigenvalue weighted by molar-refractivity contribution is -0.137. The predicted octanol–water partition coefficient (Wildman–Crippen LogP) is 6.07. The van der Waals surface area contributed by atoms with Gasteiger partial charge in [-0.2, -0.15) is 13.2 Å². The summed E-state index contributed by atoms with van der Waals surface area (Å²) in [5.74, 6) is -3.02. The van der Waals surface area contributed by atoms with Gasteiger partial charge in [0.15, 0.2) is 5.16 Å². The Labute approximate surface area is 203 Å². The number of alkyl halides is 3. The fraction of sp³-hybridized carbons (Fsp3) is 0.0870. The van der Waals surface area contributed by atoms with Gasteiger partial charge < -0.3 is 5.32 Å². The van der Waals surface area contributed by atoms with Gasteiger partial charge in [0.25, 0.3) is 5.56 Å². The first-order valence-corrected chi connectivity index (χ1v) is 11.2. The van der Waals surface area contributed by atoms with E-state index >= 15 is 0 Å². The van der Waals surface area contributed by atoms with E-state index in [0.717, 1.165) is 40.6 Å². The van der Waals surface area contributed by atoms with E-state index in [2.05, 4.69) is 10.3 Å². The van der Waals surface area contributed by atoms with E-state index in [9.17, 15) is 31.5 Å². The summed E-state index contributed by atoms with van der Waals surface area (Å²) in [6.07, 6.45) is -4.64. The highest BCUT2D eigenvalue weighted by atomic mass is 35.5. The molecule has 180 valence electrons. The maximum Gasteiger partial charge on any atom is 0.416 e. The summed E-state index contributed by atoms with van der Waals surface area (Å²) in [5.41, 5.74) is -1.90. The number of nitrogens with one attached hydrogen (secondary N) is 1. The molecule has 12 heteroatoms. The first-order valence-electron chi connectivity index (χ1n) is 9.81. The molecule has 0 aliphatic rings.